The van der Waals surface area contributed by atoms with Gasteiger partial charge in [0.25, 0.3) is 0 Å². The summed E-state index contributed by atoms with van der Waals surface area (Å²) in [6, 6.07) is 4.92. The van der Waals surface area contributed by atoms with Crippen LogP contribution in [0, 0.1) is 5.92 Å². The maximum Gasteiger partial charge on any atom is 0.309 e. The van der Waals surface area contributed by atoms with Crippen molar-refractivity contribution in [1.29, 1.82) is 0 Å². The Balaban J connectivity index is 1.98. The first kappa shape index (κ1) is 15.4. The summed E-state index contributed by atoms with van der Waals surface area (Å²) >= 11 is 0. The lowest BCUT2D eigenvalue weighted by Crippen LogP contribution is -2.19. The number of ketones is 1. The highest BCUT2D eigenvalue weighted by Gasteiger charge is 2.25. The summed E-state index contributed by atoms with van der Waals surface area (Å²) in [7, 11) is 3.02. The van der Waals surface area contributed by atoms with Crippen LogP contribution in [0.1, 0.15) is 36.0 Å². The van der Waals surface area contributed by atoms with E-state index in [4.69, 9.17) is 14.2 Å². The number of ether oxygens (including phenoxy) is 3. The second-order valence-corrected chi connectivity index (χ2v) is 5.08. The van der Waals surface area contributed by atoms with Gasteiger partial charge in [0.1, 0.15) is 11.5 Å². The van der Waals surface area contributed by atoms with E-state index in [-0.39, 0.29) is 24.3 Å². The van der Waals surface area contributed by atoms with E-state index in [2.05, 4.69) is 0 Å². The number of esters is 1. The van der Waals surface area contributed by atoms with Crippen molar-refractivity contribution >= 4 is 11.8 Å². The highest BCUT2D eigenvalue weighted by atomic mass is 16.5. The summed E-state index contributed by atoms with van der Waals surface area (Å²) in [6.45, 7) is -0.252. The predicted molar refractivity (Wildman–Crippen MR) is 76.8 cm³/mol. The van der Waals surface area contributed by atoms with Crippen LogP contribution < -0.4 is 9.47 Å². The lowest BCUT2D eigenvalue weighted by atomic mass is 10.1. The smallest absolute Gasteiger partial charge is 0.309 e. The van der Waals surface area contributed by atoms with E-state index in [1.807, 2.05) is 0 Å². The molecule has 1 saturated carbocycles. The molecule has 1 fully saturated rings. The van der Waals surface area contributed by atoms with Crippen molar-refractivity contribution in [1.82, 2.24) is 0 Å². The van der Waals surface area contributed by atoms with Crippen LogP contribution in [0.25, 0.3) is 0 Å². The van der Waals surface area contributed by atoms with Gasteiger partial charge in [-0.15, -0.1) is 0 Å². The number of hydrogen-bond acceptors (Lipinski definition) is 5. The SMILES string of the molecule is COc1ccc(C(=O)COC(=O)C2CCCC2)c(OC)c1. The van der Waals surface area contributed by atoms with Gasteiger partial charge in [-0.1, -0.05) is 12.8 Å². The monoisotopic (exact) mass is 292 g/mol. The van der Waals surface area contributed by atoms with Gasteiger partial charge in [-0.2, -0.15) is 0 Å². The molecule has 1 aromatic rings. The Labute approximate surface area is 124 Å². The summed E-state index contributed by atoms with van der Waals surface area (Å²) in [5, 5.41) is 0. The van der Waals surface area contributed by atoms with E-state index in [1.165, 1.54) is 7.11 Å². The molecule has 0 heterocycles. The number of methoxy groups -OCH3 is 2. The molecule has 0 aliphatic heterocycles. The zero-order valence-electron chi connectivity index (χ0n) is 12.4. The Morgan fingerprint density at radius 1 is 1.14 bits per heavy atom. The van der Waals surface area contributed by atoms with Crippen LogP contribution in [0.5, 0.6) is 11.5 Å². The first-order valence-corrected chi connectivity index (χ1v) is 7.07. The summed E-state index contributed by atoms with van der Waals surface area (Å²) in [5.74, 6) is 0.423. The normalized spacial score (nSPS) is 14.8. The van der Waals surface area contributed by atoms with Crippen LogP contribution in [0.2, 0.25) is 0 Å². The predicted octanol–water partition coefficient (Wildman–Crippen LogP) is 2.62. The Kier molecular flexibility index (Phi) is 5.20. The largest absolute Gasteiger partial charge is 0.497 e. The number of Topliss-reactive ketones (excluding diaryl/α,β-unsaturated/α-hetero) is 1. The molecule has 1 aromatic carbocycles. The number of carbonyl (C=O) groups is 2. The molecule has 1 aliphatic rings. The third kappa shape index (κ3) is 3.74. The van der Waals surface area contributed by atoms with Crippen molar-refractivity contribution in [2.75, 3.05) is 20.8 Å². The fourth-order valence-corrected chi connectivity index (χ4v) is 2.52. The minimum Gasteiger partial charge on any atom is -0.497 e. The van der Waals surface area contributed by atoms with Gasteiger partial charge in [-0.05, 0) is 25.0 Å². The van der Waals surface area contributed by atoms with E-state index >= 15 is 0 Å². The third-order valence-electron chi connectivity index (χ3n) is 3.74. The van der Waals surface area contributed by atoms with Crippen LogP contribution in [0.15, 0.2) is 18.2 Å². The third-order valence-corrected chi connectivity index (χ3v) is 3.74. The van der Waals surface area contributed by atoms with Crippen LogP contribution in [0.4, 0.5) is 0 Å². The number of benzene rings is 1. The molecule has 114 valence electrons. The van der Waals surface area contributed by atoms with Gasteiger partial charge < -0.3 is 14.2 Å². The second-order valence-electron chi connectivity index (χ2n) is 5.08. The highest BCUT2D eigenvalue weighted by molar-refractivity contribution is 6.00. The fourth-order valence-electron chi connectivity index (χ4n) is 2.52. The molecular formula is C16H20O5. The lowest BCUT2D eigenvalue weighted by molar-refractivity contribution is -0.147. The van der Waals surface area contributed by atoms with Crippen molar-refractivity contribution in [2.24, 2.45) is 5.92 Å². The van der Waals surface area contributed by atoms with Gasteiger partial charge in [0.2, 0.25) is 5.78 Å². The number of rotatable bonds is 6. The first-order chi connectivity index (χ1) is 10.2. The van der Waals surface area contributed by atoms with E-state index in [9.17, 15) is 9.59 Å². The minimum atomic E-state index is -0.277. The van der Waals surface area contributed by atoms with E-state index in [0.717, 1.165) is 25.7 Å². The van der Waals surface area contributed by atoms with Gasteiger partial charge in [0.05, 0.1) is 25.7 Å². The summed E-state index contributed by atoms with van der Waals surface area (Å²) in [6.07, 6.45) is 3.83. The Morgan fingerprint density at radius 2 is 1.86 bits per heavy atom. The van der Waals surface area contributed by atoms with E-state index in [0.29, 0.717) is 17.1 Å². The standard InChI is InChI=1S/C16H20O5/c1-19-12-7-8-13(15(9-12)20-2)14(17)10-21-16(18)11-5-3-4-6-11/h7-9,11H,3-6,10H2,1-2H3. The van der Waals surface area contributed by atoms with Crippen molar-refractivity contribution in [3.63, 3.8) is 0 Å². The van der Waals surface area contributed by atoms with E-state index < -0.39 is 0 Å². The number of carbonyl (C=O) groups excluding carboxylic acids is 2. The molecule has 0 amide bonds. The van der Waals surface area contributed by atoms with Gasteiger partial charge in [-0.3, -0.25) is 9.59 Å². The van der Waals surface area contributed by atoms with Crippen LogP contribution in [0.3, 0.4) is 0 Å². The molecule has 0 atom stereocenters. The Morgan fingerprint density at radius 3 is 2.48 bits per heavy atom. The Hall–Kier alpha value is -2.04. The first-order valence-electron chi connectivity index (χ1n) is 7.07. The molecule has 0 bridgehead atoms. The highest BCUT2D eigenvalue weighted by Crippen LogP contribution is 2.27. The second kappa shape index (κ2) is 7.11. The molecule has 0 aromatic heterocycles. The summed E-state index contributed by atoms with van der Waals surface area (Å²) < 4.78 is 15.4. The fraction of sp³-hybridized carbons (Fsp3) is 0.500. The molecule has 1 aliphatic carbocycles. The molecular weight excluding hydrogens is 272 g/mol. The molecule has 5 nitrogen and oxygen atoms in total. The Bertz CT molecular complexity index is 517. The van der Waals surface area contributed by atoms with Gasteiger partial charge >= 0.3 is 5.97 Å². The maximum absolute atomic E-state index is 12.1. The minimum absolute atomic E-state index is 0.0458. The summed E-state index contributed by atoms with van der Waals surface area (Å²) in [5.41, 5.74) is 0.387. The molecule has 0 unspecified atom stereocenters. The van der Waals surface area contributed by atoms with Gasteiger partial charge in [0.15, 0.2) is 6.61 Å². The average Bonchev–Trinajstić information content (AvgIpc) is 3.06. The van der Waals surface area contributed by atoms with Crippen LogP contribution in [-0.2, 0) is 9.53 Å². The average molecular weight is 292 g/mol. The van der Waals surface area contributed by atoms with Crippen molar-refractivity contribution in [3.8, 4) is 11.5 Å². The zero-order chi connectivity index (χ0) is 15.2. The molecule has 0 radical (unpaired) electrons. The molecule has 0 saturated heterocycles. The topological polar surface area (TPSA) is 61.8 Å². The summed E-state index contributed by atoms with van der Waals surface area (Å²) in [4.78, 5) is 24.0. The molecule has 0 N–H and O–H groups in total. The number of hydrogen-bond donors (Lipinski definition) is 0. The van der Waals surface area contributed by atoms with Gasteiger partial charge in [0, 0.05) is 6.07 Å². The lowest BCUT2D eigenvalue weighted by Gasteiger charge is -2.11. The van der Waals surface area contributed by atoms with E-state index in [1.54, 1.807) is 25.3 Å². The van der Waals surface area contributed by atoms with Crippen LogP contribution in [-0.4, -0.2) is 32.6 Å². The molecule has 0 spiro atoms. The van der Waals surface area contributed by atoms with Crippen LogP contribution >= 0.6 is 0 Å². The zero-order valence-corrected chi connectivity index (χ0v) is 12.4. The van der Waals surface area contributed by atoms with Crippen molar-refractivity contribution in [3.05, 3.63) is 23.8 Å². The van der Waals surface area contributed by atoms with Crippen molar-refractivity contribution < 1.29 is 23.8 Å². The maximum atomic E-state index is 12.1. The molecule has 5 heteroatoms. The quantitative estimate of drug-likeness (QED) is 0.596. The molecule has 2 rings (SSSR count). The van der Waals surface area contributed by atoms with Gasteiger partial charge in [-0.25, -0.2) is 0 Å². The molecule has 21 heavy (non-hydrogen) atoms. The van der Waals surface area contributed by atoms with Crippen molar-refractivity contribution in [2.45, 2.75) is 25.7 Å².